The van der Waals surface area contributed by atoms with Gasteiger partial charge in [0.05, 0.1) is 19.2 Å². The van der Waals surface area contributed by atoms with Crippen LogP contribution in [0.15, 0.2) is 82.4 Å². The highest BCUT2D eigenvalue weighted by Gasteiger charge is 2.60. The van der Waals surface area contributed by atoms with Crippen LogP contribution in [0, 0.1) is 10.1 Å². The number of methoxy groups -OCH3 is 1. The highest BCUT2D eigenvalue weighted by atomic mass is 79.9. The van der Waals surface area contributed by atoms with Crippen molar-refractivity contribution < 1.29 is 14.5 Å². The number of rotatable bonds is 5. The van der Waals surface area contributed by atoms with Gasteiger partial charge in [-0.05, 0) is 47.5 Å². The van der Waals surface area contributed by atoms with Crippen molar-refractivity contribution in [1.82, 2.24) is 5.01 Å². The molecule has 5 rings (SSSR count). The van der Waals surface area contributed by atoms with Gasteiger partial charge in [-0.3, -0.25) is 19.9 Å². The molecular formula is C25H20BrN3O4. The fourth-order valence-corrected chi connectivity index (χ4v) is 5.16. The first-order valence-corrected chi connectivity index (χ1v) is 11.3. The average molecular weight is 506 g/mol. The lowest BCUT2D eigenvalue weighted by molar-refractivity contribution is -0.529. The van der Waals surface area contributed by atoms with Crippen molar-refractivity contribution in [2.24, 2.45) is 5.10 Å². The van der Waals surface area contributed by atoms with E-state index in [0.717, 1.165) is 21.2 Å². The van der Waals surface area contributed by atoms with E-state index in [9.17, 15) is 14.9 Å². The van der Waals surface area contributed by atoms with E-state index in [2.05, 4.69) is 21.0 Å². The molecule has 2 aliphatic heterocycles. The van der Waals surface area contributed by atoms with Gasteiger partial charge < -0.3 is 4.74 Å². The van der Waals surface area contributed by atoms with E-state index in [0.29, 0.717) is 11.3 Å². The Morgan fingerprint density at radius 2 is 1.76 bits per heavy atom. The molecule has 0 amide bonds. The SMILES string of the molecule is COc1ccc(C(=O)[C@H]2[C@H](c3ccc(Br)cc3)[C@@H]([N+](=O)[O-])[C@@H]3c4ccccc4C=NN23)cc1. The minimum Gasteiger partial charge on any atom is -0.497 e. The number of fused-ring (bicyclic) bond motifs is 3. The predicted octanol–water partition coefficient (Wildman–Crippen LogP) is 4.84. The summed E-state index contributed by atoms with van der Waals surface area (Å²) in [6.07, 6.45) is 1.68. The summed E-state index contributed by atoms with van der Waals surface area (Å²) in [4.78, 5) is 26.1. The molecular weight excluding hydrogens is 486 g/mol. The molecule has 33 heavy (non-hydrogen) atoms. The van der Waals surface area contributed by atoms with Crippen LogP contribution in [0.1, 0.15) is 39.0 Å². The monoisotopic (exact) mass is 505 g/mol. The van der Waals surface area contributed by atoms with Crippen LogP contribution in [0.25, 0.3) is 0 Å². The molecule has 1 fully saturated rings. The number of ether oxygens (including phenoxy) is 1. The number of hydrogen-bond acceptors (Lipinski definition) is 6. The highest BCUT2D eigenvalue weighted by Crippen LogP contribution is 2.49. The Hall–Kier alpha value is -3.52. The third kappa shape index (κ3) is 3.60. The number of halogens is 1. The quantitative estimate of drug-likeness (QED) is 0.281. The Bertz CT molecular complexity index is 1240. The lowest BCUT2D eigenvalue weighted by Crippen LogP contribution is -2.38. The van der Waals surface area contributed by atoms with Crippen LogP contribution in [-0.2, 0) is 0 Å². The maximum absolute atomic E-state index is 13.8. The number of ketones is 1. The lowest BCUT2D eigenvalue weighted by Gasteiger charge is -2.30. The van der Waals surface area contributed by atoms with Gasteiger partial charge in [-0.15, -0.1) is 0 Å². The second-order valence-corrected chi connectivity index (χ2v) is 9.00. The summed E-state index contributed by atoms with van der Waals surface area (Å²) in [7, 11) is 1.56. The number of nitro groups is 1. The molecule has 0 radical (unpaired) electrons. The van der Waals surface area contributed by atoms with Crippen molar-refractivity contribution in [3.8, 4) is 5.75 Å². The Kier molecular flexibility index (Phi) is 5.46. The smallest absolute Gasteiger partial charge is 0.248 e. The van der Waals surface area contributed by atoms with Crippen LogP contribution in [0.3, 0.4) is 0 Å². The zero-order valence-electron chi connectivity index (χ0n) is 17.7. The second-order valence-electron chi connectivity index (χ2n) is 8.09. The molecule has 0 bridgehead atoms. The van der Waals surface area contributed by atoms with Crippen LogP contribution < -0.4 is 4.74 Å². The third-order valence-electron chi connectivity index (χ3n) is 6.39. The van der Waals surface area contributed by atoms with Crippen molar-refractivity contribution in [2.45, 2.75) is 24.0 Å². The fourth-order valence-electron chi connectivity index (χ4n) is 4.89. The van der Waals surface area contributed by atoms with Crippen molar-refractivity contribution in [3.05, 3.63) is 110 Å². The minimum atomic E-state index is -1.04. The highest BCUT2D eigenvalue weighted by molar-refractivity contribution is 9.10. The average Bonchev–Trinajstić information content (AvgIpc) is 3.20. The Balaban J connectivity index is 1.67. The molecule has 3 aromatic carbocycles. The molecule has 1 saturated heterocycles. The van der Waals surface area contributed by atoms with Gasteiger partial charge in [0.25, 0.3) is 0 Å². The zero-order valence-corrected chi connectivity index (χ0v) is 19.3. The van der Waals surface area contributed by atoms with Crippen LogP contribution in [0.4, 0.5) is 0 Å². The molecule has 8 heteroatoms. The van der Waals surface area contributed by atoms with Crippen LogP contribution >= 0.6 is 15.9 Å². The van der Waals surface area contributed by atoms with Gasteiger partial charge in [0.2, 0.25) is 6.04 Å². The number of carbonyl (C=O) groups excluding carboxylic acids is 1. The molecule has 2 aliphatic rings. The summed E-state index contributed by atoms with van der Waals surface area (Å²) < 4.78 is 6.07. The number of carbonyl (C=O) groups is 1. The number of nitrogens with zero attached hydrogens (tertiary/aromatic N) is 3. The fraction of sp³-hybridized carbons (Fsp3) is 0.200. The van der Waals surface area contributed by atoms with Crippen LogP contribution in [-0.4, -0.2) is 41.1 Å². The zero-order chi connectivity index (χ0) is 23.1. The summed E-state index contributed by atoms with van der Waals surface area (Å²) >= 11 is 3.43. The van der Waals surface area contributed by atoms with Gasteiger partial charge in [0.1, 0.15) is 17.8 Å². The first-order valence-electron chi connectivity index (χ1n) is 10.5. The van der Waals surface area contributed by atoms with E-state index in [1.54, 1.807) is 42.6 Å². The predicted molar refractivity (Wildman–Crippen MR) is 127 cm³/mol. The second kappa shape index (κ2) is 8.44. The maximum Gasteiger partial charge on any atom is 0.248 e. The first-order chi connectivity index (χ1) is 16.0. The summed E-state index contributed by atoms with van der Waals surface area (Å²) in [5.41, 5.74) is 2.83. The molecule has 0 N–H and O–H groups in total. The number of benzene rings is 3. The number of hydrazone groups is 1. The van der Waals surface area contributed by atoms with E-state index >= 15 is 0 Å². The van der Waals surface area contributed by atoms with E-state index < -0.39 is 24.0 Å². The van der Waals surface area contributed by atoms with Crippen molar-refractivity contribution in [3.63, 3.8) is 0 Å². The van der Waals surface area contributed by atoms with Gasteiger partial charge in [-0.25, -0.2) is 0 Å². The molecule has 0 aliphatic carbocycles. The van der Waals surface area contributed by atoms with Crippen LogP contribution in [0.5, 0.6) is 5.75 Å². The number of Topliss-reactive ketones (excluding diaryl/α,β-unsaturated/α-hetero) is 1. The summed E-state index contributed by atoms with van der Waals surface area (Å²) in [5, 5.41) is 18.7. The number of hydrogen-bond donors (Lipinski definition) is 0. The molecule has 0 spiro atoms. The van der Waals surface area contributed by atoms with E-state index in [4.69, 9.17) is 4.74 Å². The minimum absolute atomic E-state index is 0.212. The summed E-state index contributed by atoms with van der Waals surface area (Å²) in [6.45, 7) is 0. The molecule has 0 unspecified atom stereocenters. The summed E-state index contributed by atoms with van der Waals surface area (Å²) in [5.74, 6) is -0.263. The van der Waals surface area contributed by atoms with Crippen LogP contribution in [0.2, 0.25) is 0 Å². The maximum atomic E-state index is 13.8. The Labute approximate surface area is 199 Å². The largest absolute Gasteiger partial charge is 0.497 e. The molecule has 0 aromatic heterocycles. The van der Waals surface area contributed by atoms with Gasteiger partial charge in [-0.2, -0.15) is 5.10 Å². The Morgan fingerprint density at radius 3 is 2.42 bits per heavy atom. The van der Waals surface area contributed by atoms with Crippen molar-refractivity contribution in [1.29, 1.82) is 0 Å². The van der Waals surface area contributed by atoms with E-state index in [1.165, 1.54) is 0 Å². The van der Waals surface area contributed by atoms with E-state index in [1.807, 2.05) is 48.5 Å². The molecule has 0 saturated carbocycles. The van der Waals surface area contributed by atoms with Gasteiger partial charge in [0.15, 0.2) is 5.78 Å². The van der Waals surface area contributed by atoms with Crippen molar-refractivity contribution in [2.75, 3.05) is 7.11 Å². The van der Waals surface area contributed by atoms with Gasteiger partial charge >= 0.3 is 0 Å². The van der Waals surface area contributed by atoms with Gasteiger partial charge in [0, 0.05) is 20.5 Å². The molecule has 166 valence electrons. The molecule has 7 nitrogen and oxygen atoms in total. The lowest BCUT2D eigenvalue weighted by atomic mass is 9.82. The topological polar surface area (TPSA) is 85.0 Å². The standard InChI is InChI=1S/C25H20BrN3O4/c1-33-19-12-8-16(9-13-19)25(30)24-21(15-6-10-18(26)11-7-15)23(29(31)32)22-20-5-3-2-4-17(20)14-27-28(22)24/h2-14,21-24H,1H3/t21-,22+,23-,24-/m1/s1. The first kappa shape index (κ1) is 21.3. The van der Waals surface area contributed by atoms with E-state index in [-0.39, 0.29) is 10.7 Å². The summed E-state index contributed by atoms with van der Waals surface area (Å²) in [6, 6.07) is 19.2. The molecule has 4 atom stereocenters. The molecule has 3 aromatic rings. The van der Waals surface area contributed by atoms with Crippen molar-refractivity contribution >= 4 is 27.9 Å². The van der Waals surface area contributed by atoms with Gasteiger partial charge in [-0.1, -0.05) is 52.3 Å². The normalized spacial score (nSPS) is 23.0. The Morgan fingerprint density at radius 1 is 1.06 bits per heavy atom. The third-order valence-corrected chi connectivity index (χ3v) is 6.92. The molecule has 2 heterocycles.